The molecule has 2 aliphatic rings. The largest absolute Gasteiger partial charge is 0.435 e. The van der Waals surface area contributed by atoms with Gasteiger partial charge in [0.1, 0.15) is 11.9 Å². The summed E-state index contributed by atoms with van der Waals surface area (Å²) in [6, 6.07) is 5.03. The third-order valence-electron chi connectivity index (χ3n) is 6.38. The molecule has 3 heterocycles. The first kappa shape index (κ1) is 31.3. The summed E-state index contributed by atoms with van der Waals surface area (Å²) in [5, 5.41) is 5.70. The van der Waals surface area contributed by atoms with Gasteiger partial charge in [0.25, 0.3) is 0 Å². The molecule has 1 saturated carbocycles. The number of ether oxygens (including phenoxy) is 1. The predicted octanol–water partition coefficient (Wildman–Crippen LogP) is 5.28. The highest BCUT2D eigenvalue weighted by atomic mass is 32.2. The van der Waals surface area contributed by atoms with Crippen molar-refractivity contribution >= 4 is 21.7 Å². The van der Waals surface area contributed by atoms with Crippen LogP contribution in [-0.2, 0) is 10.0 Å². The maximum Gasteiger partial charge on any atom is 0.248 e. The molecule has 3 N–H and O–H groups in total. The van der Waals surface area contributed by atoms with Gasteiger partial charge in [0.15, 0.2) is 17.4 Å². The Morgan fingerprint density at radius 2 is 1.88 bits per heavy atom. The number of rotatable bonds is 8. The summed E-state index contributed by atoms with van der Waals surface area (Å²) < 4.78 is 113. The van der Waals surface area contributed by atoms with E-state index in [1.165, 1.54) is 30.6 Å². The summed E-state index contributed by atoms with van der Waals surface area (Å²) in [7, 11) is -2.84. The first-order chi connectivity index (χ1) is 19.9. The van der Waals surface area contributed by atoms with Crippen molar-refractivity contribution in [3.05, 3.63) is 54.1 Å². The standard InChI is InChI=1S/C21H18F5N5O3S.C5H10FN/c1-27-20-29-6-4-14(30-20)12-3-2-5-28-19(12)34-15-7-13(22)18(17(24)16(15)23)31-35(32,33)10-11-8-21(25,26)9-11;6-5-2-1-3-7-4-5/h2-7,11,31H,8-10H2,1H3,(H,27,29,30);5,7H,1-4H2. The van der Waals surface area contributed by atoms with Gasteiger partial charge >= 0.3 is 0 Å². The number of hydrogen-bond donors (Lipinski definition) is 3. The second kappa shape index (κ2) is 13.1. The predicted molar refractivity (Wildman–Crippen MR) is 143 cm³/mol. The number of piperidine rings is 1. The van der Waals surface area contributed by atoms with Crippen LogP contribution in [0.25, 0.3) is 11.3 Å². The SMILES string of the molecule is CNc1nccc(-c2cccnc2Oc2cc(F)c(NS(=O)(=O)CC3CC(F)(F)C3)c(F)c2F)n1.FC1CCCNC1. The van der Waals surface area contributed by atoms with E-state index < -0.39 is 75.5 Å². The molecule has 0 spiro atoms. The monoisotopic (exact) mass is 618 g/mol. The van der Waals surface area contributed by atoms with Crippen LogP contribution in [0.3, 0.4) is 0 Å². The normalized spacial score (nSPS) is 18.3. The maximum absolute atomic E-state index is 14.7. The van der Waals surface area contributed by atoms with Gasteiger partial charge in [0, 0.05) is 44.9 Å². The van der Waals surface area contributed by atoms with E-state index in [4.69, 9.17) is 4.74 Å². The minimum Gasteiger partial charge on any atom is -0.435 e. The summed E-state index contributed by atoms with van der Waals surface area (Å²) in [6.45, 7) is 1.57. The van der Waals surface area contributed by atoms with Crippen LogP contribution < -0.4 is 20.1 Å². The topological polar surface area (TPSA) is 118 Å². The summed E-state index contributed by atoms with van der Waals surface area (Å²) >= 11 is 0. The van der Waals surface area contributed by atoms with Crippen LogP contribution in [0.4, 0.5) is 38.0 Å². The van der Waals surface area contributed by atoms with Crippen molar-refractivity contribution in [1.82, 2.24) is 20.3 Å². The first-order valence-electron chi connectivity index (χ1n) is 12.9. The average Bonchev–Trinajstić information content (AvgIpc) is 2.94. The molecule has 2 aromatic heterocycles. The summed E-state index contributed by atoms with van der Waals surface area (Å²) in [5.41, 5.74) is -0.704. The molecular formula is C26H28F6N6O3S. The molecule has 1 unspecified atom stereocenters. The molecule has 5 rings (SSSR count). The van der Waals surface area contributed by atoms with Crippen molar-refractivity contribution < 1.29 is 39.5 Å². The Labute approximate surface area is 238 Å². The number of alkyl halides is 3. The zero-order chi connectivity index (χ0) is 30.5. The van der Waals surface area contributed by atoms with Crippen LogP contribution in [0.1, 0.15) is 25.7 Å². The van der Waals surface area contributed by atoms with E-state index in [-0.39, 0.29) is 17.4 Å². The van der Waals surface area contributed by atoms with Gasteiger partial charge < -0.3 is 15.4 Å². The zero-order valence-electron chi connectivity index (χ0n) is 22.3. The third-order valence-corrected chi connectivity index (χ3v) is 7.81. The Hall–Kier alpha value is -3.66. The number of sulfonamides is 1. The van der Waals surface area contributed by atoms with Crippen LogP contribution in [0.15, 0.2) is 36.7 Å². The van der Waals surface area contributed by atoms with Crippen LogP contribution in [0, 0.1) is 23.4 Å². The fourth-order valence-electron chi connectivity index (χ4n) is 4.36. The number of nitrogens with zero attached hydrogens (tertiary/aromatic N) is 3. The van der Waals surface area contributed by atoms with Crippen molar-refractivity contribution in [3.8, 4) is 22.9 Å². The number of anilines is 2. The van der Waals surface area contributed by atoms with Gasteiger partial charge in [-0.2, -0.15) is 4.39 Å². The third kappa shape index (κ3) is 8.00. The van der Waals surface area contributed by atoms with Gasteiger partial charge in [0.2, 0.25) is 33.6 Å². The number of aromatic nitrogens is 3. The Balaban J connectivity index is 0.000000507. The molecule has 3 aromatic rings. The first-order valence-corrected chi connectivity index (χ1v) is 14.6. The highest BCUT2D eigenvalue weighted by molar-refractivity contribution is 7.92. The molecule has 228 valence electrons. The van der Waals surface area contributed by atoms with E-state index in [9.17, 15) is 34.8 Å². The number of pyridine rings is 1. The van der Waals surface area contributed by atoms with Crippen molar-refractivity contribution in [3.63, 3.8) is 0 Å². The smallest absolute Gasteiger partial charge is 0.248 e. The Morgan fingerprint density at radius 3 is 2.50 bits per heavy atom. The van der Waals surface area contributed by atoms with E-state index in [1.807, 2.05) is 0 Å². The lowest BCUT2D eigenvalue weighted by Crippen LogP contribution is -2.40. The number of hydrogen-bond acceptors (Lipinski definition) is 8. The second-order valence-electron chi connectivity index (χ2n) is 9.79. The van der Waals surface area contributed by atoms with Gasteiger partial charge in [-0.3, -0.25) is 4.72 Å². The summed E-state index contributed by atoms with van der Waals surface area (Å²) in [6.07, 6.45) is 2.61. The highest BCUT2D eigenvalue weighted by Crippen LogP contribution is 2.43. The summed E-state index contributed by atoms with van der Waals surface area (Å²) in [5.74, 6) is -10.5. The molecule has 1 aliphatic carbocycles. The quantitative estimate of drug-likeness (QED) is 0.231. The van der Waals surface area contributed by atoms with Crippen LogP contribution in [0.2, 0.25) is 0 Å². The minimum atomic E-state index is -4.43. The van der Waals surface area contributed by atoms with Gasteiger partial charge in [0.05, 0.1) is 17.0 Å². The van der Waals surface area contributed by atoms with Gasteiger partial charge in [-0.15, -0.1) is 0 Å². The van der Waals surface area contributed by atoms with Crippen molar-refractivity contribution in [2.75, 3.05) is 35.9 Å². The number of halogens is 6. The van der Waals surface area contributed by atoms with Gasteiger partial charge in [-0.25, -0.2) is 45.3 Å². The molecule has 1 saturated heterocycles. The molecular weight excluding hydrogens is 590 g/mol. The molecule has 0 amide bonds. The Bertz CT molecular complexity index is 1500. The molecule has 2 fully saturated rings. The molecule has 1 aromatic carbocycles. The lowest BCUT2D eigenvalue weighted by atomic mass is 9.83. The molecule has 0 radical (unpaired) electrons. The van der Waals surface area contributed by atoms with E-state index in [1.54, 1.807) is 11.8 Å². The Kier molecular flexibility index (Phi) is 9.76. The molecule has 1 atom stereocenters. The van der Waals surface area contributed by atoms with Crippen molar-refractivity contribution in [1.29, 1.82) is 0 Å². The number of nitrogens with one attached hydrogen (secondary N) is 3. The molecule has 16 heteroatoms. The Morgan fingerprint density at radius 1 is 1.12 bits per heavy atom. The lowest BCUT2D eigenvalue weighted by Gasteiger charge is -2.34. The van der Waals surface area contributed by atoms with E-state index in [2.05, 4.69) is 25.6 Å². The summed E-state index contributed by atoms with van der Waals surface area (Å²) in [4.78, 5) is 12.1. The highest BCUT2D eigenvalue weighted by Gasteiger charge is 2.47. The molecule has 42 heavy (non-hydrogen) atoms. The van der Waals surface area contributed by atoms with E-state index >= 15 is 0 Å². The van der Waals surface area contributed by atoms with Gasteiger partial charge in [-0.1, -0.05) is 0 Å². The van der Waals surface area contributed by atoms with Crippen LogP contribution >= 0.6 is 0 Å². The van der Waals surface area contributed by atoms with Gasteiger partial charge in [-0.05, 0) is 43.5 Å². The average molecular weight is 619 g/mol. The van der Waals surface area contributed by atoms with Crippen LogP contribution in [-0.4, -0.2) is 61.4 Å². The van der Waals surface area contributed by atoms with E-state index in [0.717, 1.165) is 19.4 Å². The minimum absolute atomic E-state index is 0.231. The molecule has 9 nitrogen and oxygen atoms in total. The second-order valence-corrected chi connectivity index (χ2v) is 11.6. The molecule has 1 aliphatic heterocycles. The zero-order valence-corrected chi connectivity index (χ0v) is 23.1. The van der Waals surface area contributed by atoms with Crippen LogP contribution in [0.5, 0.6) is 11.6 Å². The van der Waals surface area contributed by atoms with Crippen molar-refractivity contribution in [2.45, 2.75) is 37.8 Å². The lowest BCUT2D eigenvalue weighted by molar-refractivity contribution is -0.103. The number of benzene rings is 1. The van der Waals surface area contributed by atoms with Crippen molar-refractivity contribution in [2.24, 2.45) is 5.92 Å². The maximum atomic E-state index is 14.7. The fraction of sp³-hybridized carbons (Fsp3) is 0.423. The molecule has 0 bridgehead atoms. The van der Waals surface area contributed by atoms with E-state index in [0.29, 0.717) is 18.3 Å². The fourth-order valence-corrected chi connectivity index (χ4v) is 5.80.